The maximum atomic E-state index is 12.5. The fourth-order valence-corrected chi connectivity index (χ4v) is 2.52. The molecule has 2 aromatic carbocycles. The molecule has 3 rings (SSSR count). The minimum Gasteiger partial charge on any atom is -0.338 e. The molecule has 0 fully saturated rings. The molecule has 0 aliphatic heterocycles. The number of nitrogens with zero attached hydrogens (tertiary/aromatic N) is 3. The van der Waals surface area contributed by atoms with Gasteiger partial charge in [-0.05, 0) is 30.7 Å². The standard InChI is InChI=1S/C18H18N4O/c1-13(10-14-6-4-3-5-7-14)12-22(2)18(23)15-8-9-16-17(11-15)20-21-19-16/h3-11H,12H2,1-2H3,(H,19,20,21)/b13-10+. The molecule has 0 spiro atoms. The normalized spacial score (nSPS) is 11.7. The molecule has 0 saturated heterocycles. The average molecular weight is 306 g/mol. The molecule has 0 radical (unpaired) electrons. The first-order valence-electron chi connectivity index (χ1n) is 7.42. The number of benzene rings is 2. The SMILES string of the molecule is C/C(=C\c1ccccc1)CN(C)C(=O)c1ccc2n[nH]nc2c1. The molecule has 116 valence electrons. The van der Waals surface area contributed by atoms with E-state index >= 15 is 0 Å². The Hall–Kier alpha value is -2.95. The molecule has 1 heterocycles. The number of aromatic amines is 1. The van der Waals surface area contributed by atoms with Crippen LogP contribution in [0.15, 0.2) is 54.1 Å². The number of hydrogen-bond acceptors (Lipinski definition) is 3. The zero-order valence-corrected chi connectivity index (χ0v) is 13.2. The lowest BCUT2D eigenvalue weighted by atomic mass is 10.1. The fraction of sp³-hybridized carbons (Fsp3) is 0.167. The molecule has 5 heteroatoms. The molecule has 1 amide bonds. The minimum atomic E-state index is -0.0317. The first-order chi connectivity index (χ1) is 11.1. The molecule has 0 bridgehead atoms. The predicted octanol–water partition coefficient (Wildman–Crippen LogP) is 3.13. The molecule has 5 nitrogen and oxygen atoms in total. The summed E-state index contributed by atoms with van der Waals surface area (Å²) in [6.07, 6.45) is 2.09. The number of likely N-dealkylation sites (N-methyl/N-ethyl adjacent to an activating group) is 1. The van der Waals surface area contributed by atoms with Crippen LogP contribution in [0.2, 0.25) is 0 Å². The molecule has 3 aromatic rings. The number of aromatic nitrogens is 3. The number of amides is 1. The van der Waals surface area contributed by atoms with Gasteiger partial charge in [-0.3, -0.25) is 4.79 Å². The van der Waals surface area contributed by atoms with Gasteiger partial charge in [-0.15, -0.1) is 0 Å². The average Bonchev–Trinajstić information content (AvgIpc) is 3.02. The summed E-state index contributed by atoms with van der Waals surface area (Å²) in [6.45, 7) is 2.60. The van der Waals surface area contributed by atoms with Gasteiger partial charge in [0, 0.05) is 19.2 Å². The summed E-state index contributed by atoms with van der Waals surface area (Å²) < 4.78 is 0. The van der Waals surface area contributed by atoms with Gasteiger partial charge in [0.1, 0.15) is 11.0 Å². The molecular formula is C18H18N4O. The van der Waals surface area contributed by atoms with E-state index in [-0.39, 0.29) is 5.91 Å². The number of fused-ring (bicyclic) bond motifs is 1. The number of carbonyl (C=O) groups is 1. The quantitative estimate of drug-likeness (QED) is 0.805. The highest BCUT2D eigenvalue weighted by Crippen LogP contribution is 2.13. The van der Waals surface area contributed by atoms with Gasteiger partial charge in [0.2, 0.25) is 0 Å². The van der Waals surface area contributed by atoms with Crippen molar-refractivity contribution in [1.29, 1.82) is 0 Å². The maximum absolute atomic E-state index is 12.5. The second-order valence-corrected chi connectivity index (χ2v) is 5.59. The van der Waals surface area contributed by atoms with Gasteiger partial charge in [-0.2, -0.15) is 15.4 Å². The lowest BCUT2D eigenvalue weighted by molar-refractivity contribution is 0.0807. The number of H-pyrrole nitrogens is 1. The zero-order valence-electron chi connectivity index (χ0n) is 13.2. The lowest BCUT2D eigenvalue weighted by Crippen LogP contribution is -2.28. The van der Waals surface area contributed by atoms with Crippen molar-refractivity contribution in [2.75, 3.05) is 13.6 Å². The Balaban J connectivity index is 1.73. The van der Waals surface area contributed by atoms with E-state index in [1.807, 2.05) is 37.3 Å². The Kier molecular flexibility index (Phi) is 4.19. The zero-order chi connectivity index (χ0) is 16.2. The Morgan fingerprint density at radius 2 is 1.87 bits per heavy atom. The summed E-state index contributed by atoms with van der Waals surface area (Å²) in [7, 11) is 1.80. The molecule has 1 aromatic heterocycles. The van der Waals surface area contributed by atoms with E-state index in [0.717, 1.165) is 16.7 Å². The first-order valence-corrected chi connectivity index (χ1v) is 7.42. The summed E-state index contributed by atoms with van der Waals surface area (Å²) in [5, 5.41) is 10.6. The van der Waals surface area contributed by atoms with Gasteiger partial charge in [0.25, 0.3) is 5.91 Å². The highest BCUT2D eigenvalue weighted by Gasteiger charge is 2.13. The fourth-order valence-electron chi connectivity index (χ4n) is 2.52. The third kappa shape index (κ3) is 3.45. The van der Waals surface area contributed by atoms with E-state index < -0.39 is 0 Å². The Morgan fingerprint density at radius 1 is 1.13 bits per heavy atom. The maximum Gasteiger partial charge on any atom is 0.253 e. The lowest BCUT2D eigenvalue weighted by Gasteiger charge is -2.17. The second-order valence-electron chi connectivity index (χ2n) is 5.59. The highest BCUT2D eigenvalue weighted by atomic mass is 16.2. The number of nitrogens with one attached hydrogen (secondary N) is 1. The van der Waals surface area contributed by atoms with Crippen LogP contribution in [0.4, 0.5) is 0 Å². The minimum absolute atomic E-state index is 0.0317. The van der Waals surface area contributed by atoms with Crippen molar-refractivity contribution in [2.24, 2.45) is 0 Å². The molecule has 0 aliphatic rings. The first kappa shape index (κ1) is 15.0. The third-order valence-corrected chi connectivity index (χ3v) is 3.61. The second kappa shape index (κ2) is 6.44. The smallest absolute Gasteiger partial charge is 0.253 e. The van der Waals surface area contributed by atoms with Crippen molar-refractivity contribution in [2.45, 2.75) is 6.92 Å². The van der Waals surface area contributed by atoms with E-state index in [1.54, 1.807) is 30.1 Å². The summed E-state index contributed by atoms with van der Waals surface area (Å²) in [5.41, 5.74) is 4.32. The van der Waals surface area contributed by atoms with Crippen LogP contribution in [0.5, 0.6) is 0 Å². The van der Waals surface area contributed by atoms with Crippen LogP contribution >= 0.6 is 0 Å². The van der Waals surface area contributed by atoms with E-state index in [0.29, 0.717) is 17.6 Å². The van der Waals surface area contributed by atoms with Crippen LogP contribution in [0.3, 0.4) is 0 Å². The molecule has 0 saturated carbocycles. The van der Waals surface area contributed by atoms with Gasteiger partial charge in [0.05, 0.1) is 0 Å². The van der Waals surface area contributed by atoms with Crippen LogP contribution in [-0.4, -0.2) is 39.8 Å². The molecule has 0 aliphatic carbocycles. The van der Waals surface area contributed by atoms with Crippen molar-refractivity contribution >= 4 is 23.0 Å². The summed E-state index contributed by atoms with van der Waals surface area (Å²) in [5.74, 6) is -0.0317. The molecular weight excluding hydrogens is 288 g/mol. The van der Waals surface area contributed by atoms with E-state index in [1.165, 1.54) is 0 Å². The van der Waals surface area contributed by atoms with E-state index in [9.17, 15) is 4.79 Å². The predicted molar refractivity (Wildman–Crippen MR) is 90.9 cm³/mol. The number of carbonyl (C=O) groups excluding carboxylic acids is 1. The topological polar surface area (TPSA) is 61.9 Å². The third-order valence-electron chi connectivity index (χ3n) is 3.61. The van der Waals surface area contributed by atoms with Crippen molar-refractivity contribution in [3.8, 4) is 0 Å². The van der Waals surface area contributed by atoms with Gasteiger partial charge in [-0.25, -0.2) is 0 Å². The molecule has 0 unspecified atom stereocenters. The largest absolute Gasteiger partial charge is 0.338 e. The van der Waals surface area contributed by atoms with Gasteiger partial charge in [-0.1, -0.05) is 42.0 Å². The van der Waals surface area contributed by atoms with Crippen LogP contribution in [-0.2, 0) is 0 Å². The van der Waals surface area contributed by atoms with Crippen molar-refractivity contribution in [3.63, 3.8) is 0 Å². The van der Waals surface area contributed by atoms with Crippen LogP contribution in [0.25, 0.3) is 17.1 Å². The van der Waals surface area contributed by atoms with Crippen LogP contribution in [0.1, 0.15) is 22.8 Å². The van der Waals surface area contributed by atoms with Crippen molar-refractivity contribution in [3.05, 3.63) is 65.2 Å². The van der Waals surface area contributed by atoms with Crippen molar-refractivity contribution in [1.82, 2.24) is 20.3 Å². The van der Waals surface area contributed by atoms with Crippen molar-refractivity contribution < 1.29 is 4.79 Å². The molecule has 23 heavy (non-hydrogen) atoms. The number of hydrogen-bond donors (Lipinski definition) is 1. The molecule has 1 N–H and O–H groups in total. The van der Waals surface area contributed by atoms with Crippen LogP contribution in [0, 0.1) is 0 Å². The Bertz CT molecular complexity index is 852. The van der Waals surface area contributed by atoms with Gasteiger partial charge >= 0.3 is 0 Å². The summed E-state index contributed by atoms with van der Waals surface area (Å²) in [4.78, 5) is 14.2. The monoisotopic (exact) mass is 306 g/mol. The van der Waals surface area contributed by atoms with Gasteiger partial charge in [0.15, 0.2) is 0 Å². The number of rotatable bonds is 4. The van der Waals surface area contributed by atoms with Gasteiger partial charge < -0.3 is 4.90 Å². The molecule has 0 atom stereocenters. The van der Waals surface area contributed by atoms with E-state index in [2.05, 4.69) is 21.5 Å². The van der Waals surface area contributed by atoms with Crippen LogP contribution < -0.4 is 0 Å². The van der Waals surface area contributed by atoms with E-state index in [4.69, 9.17) is 0 Å². The highest BCUT2D eigenvalue weighted by molar-refractivity contribution is 5.97. The summed E-state index contributed by atoms with van der Waals surface area (Å²) in [6, 6.07) is 15.4. The Labute approximate surface area is 134 Å². The Morgan fingerprint density at radius 3 is 2.65 bits per heavy atom. The summed E-state index contributed by atoms with van der Waals surface area (Å²) >= 11 is 0.